The Labute approximate surface area is 82.9 Å². The summed E-state index contributed by atoms with van der Waals surface area (Å²) in [5.41, 5.74) is 0. The van der Waals surface area contributed by atoms with Gasteiger partial charge in [0.2, 0.25) is 0 Å². The first kappa shape index (κ1) is 9.85. The van der Waals surface area contributed by atoms with E-state index >= 15 is 0 Å². The van der Waals surface area contributed by atoms with Gasteiger partial charge in [-0.05, 0) is 24.1 Å². The zero-order valence-corrected chi connectivity index (χ0v) is 8.30. The summed E-state index contributed by atoms with van der Waals surface area (Å²) < 4.78 is 4.35. The average molecular weight is 224 g/mol. The van der Waals surface area contributed by atoms with Gasteiger partial charge in [-0.1, -0.05) is 11.6 Å². The molecule has 0 atom stereocenters. The van der Waals surface area contributed by atoms with E-state index in [1.165, 1.54) is 23.3 Å². The molecule has 0 aliphatic heterocycles. The summed E-state index contributed by atoms with van der Waals surface area (Å²) in [7, 11) is 0. The van der Waals surface area contributed by atoms with Gasteiger partial charge in [0.25, 0.3) is 0 Å². The van der Waals surface area contributed by atoms with Crippen LogP contribution < -0.4 is 4.72 Å². The van der Waals surface area contributed by atoms with Crippen molar-refractivity contribution < 1.29 is 9.90 Å². The minimum Gasteiger partial charge on any atom is -0.480 e. The number of hydrogen-bond donors (Lipinski definition) is 2. The van der Waals surface area contributed by atoms with Crippen LogP contribution in [0.3, 0.4) is 0 Å². The monoisotopic (exact) mass is 223 g/mol. The van der Waals surface area contributed by atoms with Crippen molar-refractivity contribution >= 4 is 40.9 Å². The molecule has 0 spiro atoms. The molecule has 0 radical (unpaired) electrons. The second kappa shape index (κ2) is 4.71. The molecule has 0 aliphatic carbocycles. The van der Waals surface area contributed by atoms with Crippen molar-refractivity contribution in [2.24, 2.45) is 0 Å². The van der Waals surface area contributed by atoms with Gasteiger partial charge in [0, 0.05) is 0 Å². The lowest BCUT2D eigenvalue weighted by atomic mass is 10.7. The van der Waals surface area contributed by atoms with E-state index in [1.54, 1.807) is 6.07 Å². The van der Waals surface area contributed by atoms with E-state index in [9.17, 15) is 4.79 Å². The van der Waals surface area contributed by atoms with Crippen LogP contribution in [-0.4, -0.2) is 17.6 Å². The quantitative estimate of drug-likeness (QED) is 0.768. The van der Waals surface area contributed by atoms with E-state index in [4.69, 9.17) is 16.7 Å². The highest BCUT2D eigenvalue weighted by Crippen LogP contribution is 2.28. The Kier molecular flexibility index (Phi) is 3.87. The summed E-state index contributed by atoms with van der Waals surface area (Å²) in [6.07, 6.45) is 0. The largest absolute Gasteiger partial charge is 0.480 e. The van der Waals surface area contributed by atoms with Crippen molar-refractivity contribution in [3.05, 3.63) is 16.5 Å². The summed E-state index contributed by atoms with van der Waals surface area (Å²) in [5.74, 6) is -0.870. The molecule has 0 amide bonds. The van der Waals surface area contributed by atoms with Crippen LogP contribution >= 0.6 is 34.9 Å². The van der Waals surface area contributed by atoms with Gasteiger partial charge in [0.1, 0.15) is 6.54 Å². The number of halogens is 1. The predicted molar refractivity (Wildman–Crippen MR) is 50.8 cm³/mol. The van der Waals surface area contributed by atoms with Gasteiger partial charge in [-0.15, -0.1) is 11.3 Å². The van der Waals surface area contributed by atoms with Gasteiger partial charge < -0.3 is 5.11 Å². The van der Waals surface area contributed by atoms with Crippen LogP contribution in [0.25, 0.3) is 0 Å². The third kappa shape index (κ3) is 3.44. The van der Waals surface area contributed by atoms with Crippen LogP contribution in [-0.2, 0) is 4.79 Å². The molecule has 1 aromatic heterocycles. The van der Waals surface area contributed by atoms with Crippen LogP contribution in [0.2, 0.25) is 4.34 Å². The van der Waals surface area contributed by atoms with E-state index in [1.807, 2.05) is 6.07 Å². The van der Waals surface area contributed by atoms with Crippen molar-refractivity contribution in [2.45, 2.75) is 4.21 Å². The smallest absolute Gasteiger partial charge is 0.318 e. The second-order valence-electron chi connectivity index (χ2n) is 1.88. The first-order chi connectivity index (χ1) is 5.68. The summed E-state index contributed by atoms with van der Waals surface area (Å²) >= 11 is 8.35. The van der Waals surface area contributed by atoms with Gasteiger partial charge in [0.15, 0.2) is 0 Å². The summed E-state index contributed by atoms with van der Waals surface area (Å²) in [6.45, 7) is -0.0554. The molecule has 2 N–H and O–H groups in total. The molecule has 1 rings (SSSR count). The Morgan fingerprint density at radius 3 is 3.00 bits per heavy atom. The third-order valence-electron chi connectivity index (χ3n) is 0.945. The van der Waals surface area contributed by atoms with Crippen LogP contribution in [0.4, 0.5) is 0 Å². The van der Waals surface area contributed by atoms with Gasteiger partial charge in [0.05, 0.1) is 8.55 Å². The number of thiophene rings is 1. The van der Waals surface area contributed by atoms with E-state index in [0.717, 1.165) is 4.21 Å². The summed E-state index contributed by atoms with van der Waals surface area (Å²) in [4.78, 5) is 10.1. The first-order valence-corrected chi connectivity index (χ1v) is 5.06. The van der Waals surface area contributed by atoms with Crippen LogP contribution in [0.15, 0.2) is 16.3 Å². The number of hydrogen-bond acceptors (Lipinski definition) is 4. The Morgan fingerprint density at radius 1 is 1.75 bits per heavy atom. The lowest BCUT2D eigenvalue weighted by Gasteiger charge is -1.95. The van der Waals surface area contributed by atoms with Crippen molar-refractivity contribution in [3.63, 3.8) is 0 Å². The molecule has 0 aliphatic rings. The number of carboxylic acids is 1. The molecule has 0 fully saturated rings. The molecule has 0 unspecified atom stereocenters. The standard InChI is InChI=1S/C6H6ClNO2S2/c7-4-1-2-6(11-4)12-8-3-5(9)10/h1-2,8H,3H2,(H,9,10). The van der Waals surface area contributed by atoms with Gasteiger partial charge in [-0.2, -0.15) is 0 Å². The molecule has 66 valence electrons. The van der Waals surface area contributed by atoms with Gasteiger partial charge >= 0.3 is 5.97 Å². The zero-order chi connectivity index (χ0) is 8.97. The Balaban J connectivity index is 2.29. The summed E-state index contributed by atoms with van der Waals surface area (Å²) in [6, 6.07) is 3.61. The van der Waals surface area contributed by atoms with E-state index in [-0.39, 0.29) is 6.54 Å². The van der Waals surface area contributed by atoms with Crippen molar-refractivity contribution in [1.29, 1.82) is 0 Å². The second-order valence-corrected chi connectivity index (χ2v) is 4.78. The highest BCUT2D eigenvalue weighted by atomic mass is 35.5. The molecule has 1 aromatic rings. The third-order valence-corrected chi connectivity index (χ3v) is 3.10. The maximum atomic E-state index is 10.1. The average Bonchev–Trinajstić information content (AvgIpc) is 2.35. The van der Waals surface area contributed by atoms with Crippen molar-refractivity contribution in [1.82, 2.24) is 4.72 Å². The van der Waals surface area contributed by atoms with Crippen molar-refractivity contribution in [3.8, 4) is 0 Å². The minimum absolute atomic E-state index is 0.0554. The zero-order valence-electron chi connectivity index (χ0n) is 5.91. The summed E-state index contributed by atoms with van der Waals surface area (Å²) in [5, 5.41) is 8.30. The fraction of sp³-hybridized carbons (Fsp3) is 0.167. The molecule has 6 heteroatoms. The number of carbonyl (C=O) groups is 1. The Morgan fingerprint density at radius 2 is 2.50 bits per heavy atom. The van der Waals surface area contributed by atoms with Crippen LogP contribution in [0, 0.1) is 0 Å². The lowest BCUT2D eigenvalue weighted by Crippen LogP contribution is -2.14. The minimum atomic E-state index is -0.870. The topological polar surface area (TPSA) is 49.3 Å². The Bertz CT molecular complexity index is 276. The maximum Gasteiger partial charge on any atom is 0.318 e. The van der Waals surface area contributed by atoms with Gasteiger partial charge in [-0.3, -0.25) is 4.79 Å². The normalized spacial score (nSPS) is 10.1. The predicted octanol–water partition coefficient (Wildman–Crippen LogP) is 2.08. The molecule has 1 heterocycles. The van der Waals surface area contributed by atoms with Crippen LogP contribution in [0.1, 0.15) is 0 Å². The molecular formula is C6H6ClNO2S2. The first-order valence-electron chi connectivity index (χ1n) is 3.05. The van der Waals surface area contributed by atoms with E-state index < -0.39 is 5.97 Å². The van der Waals surface area contributed by atoms with E-state index in [2.05, 4.69) is 4.72 Å². The fourth-order valence-corrected chi connectivity index (χ4v) is 2.52. The fourth-order valence-electron chi connectivity index (χ4n) is 0.522. The molecule has 12 heavy (non-hydrogen) atoms. The lowest BCUT2D eigenvalue weighted by molar-refractivity contribution is -0.135. The molecule has 0 saturated carbocycles. The molecule has 3 nitrogen and oxygen atoms in total. The van der Waals surface area contributed by atoms with Crippen molar-refractivity contribution in [2.75, 3.05) is 6.54 Å². The number of carboxylic acid groups (broad SMARTS) is 1. The SMILES string of the molecule is O=C(O)CNSc1ccc(Cl)s1. The number of nitrogens with one attached hydrogen (secondary N) is 1. The van der Waals surface area contributed by atoms with Gasteiger partial charge in [-0.25, -0.2) is 4.72 Å². The number of aliphatic carboxylic acids is 1. The maximum absolute atomic E-state index is 10.1. The Hall–Kier alpha value is -0.230. The molecule has 0 saturated heterocycles. The number of rotatable bonds is 4. The molecule has 0 aromatic carbocycles. The molecule has 0 bridgehead atoms. The van der Waals surface area contributed by atoms with Crippen LogP contribution in [0.5, 0.6) is 0 Å². The highest BCUT2D eigenvalue weighted by molar-refractivity contribution is 7.99. The highest BCUT2D eigenvalue weighted by Gasteiger charge is 1.99. The molecular weight excluding hydrogens is 218 g/mol. The van der Waals surface area contributed by atoms with E-state index in [0.29, 0.717) is 4.34 Å².